The average Bonchev–Trinajstić information content (AvgIpc) is 3.17. The second kappa shape index (κ2) is 9.27. The summed E-state index contributed by atoms with van der Waals surface area (Å²) in [6, 6.07) is 14.8. The number of para-hydroxylation sites is 1. The van der Waals surface area contributed by atoms with Crippen LogP contribution in [0.25, 0.3) is 0 Å². The Morgan fingerprint density at radius 3 is 2.86 bits per heavy atom. The number of halogens is 1. The van der Waals surface area contributed by atoms with E-state index in [0.29, 0.717) is 31.4 Å². The molecule has 0 aromatic heterocycles. The highest BCUT2D eigenvalue weighted by Gasteiger charge is 2.26. The number of carbonyl (C=O) groups excluding carboxylic acids is 1. The number of piperidine rings is 1. The van der Waals surface area contributed by atoms with E-state index < -0.39 is 0 Å². The van der Waals surface area contributed by atoms with E-state index in [0.717, 1.165) is 37.2 Å². The Morgan fingerprint density at radius 1 is 1.14 bits per heavy atom. The van der Waals surface area contributed by atoms with Gasteiger partial charge in [0.05, 0.1) is 5.69 Å². The smallest absolute Gasteiger partial charge is 0.321 e. The average molecular weight is 397 g/mol. The normalized spacial score (nSPS) is 19.1. The number of hydrogen-bond donors (Lipinski definition) is 1. The highest BCUT2D eigenvalue weighted by atomic mass is 19.1. The van der Waals surface area contributed by atoms with Crippen LogP contribution in [0.4, 0.5) is 14.9 Å². The number of anilines is 1. The van der Waals surface area contributed by atoms with Gasteiger partial charge in [-0.15, -0.1) is 0 Å². The summed E-state index contributed by atoms with van der Waals surface area (Å²) < 4.78 is 19.5. The summed E-state index contributed by atoms with van der Waals surface area (Å²) in [6.07, 6.45) is 4.27. The molecule has 0 bridgehead atoms. The molecule has 2 amide bonds. The maximum Gasteiger partial charge on any atom is 0.321 e. The lowest BCUT2D eigenvalue weighted by Crippen LogP contribution is -2.48. The molecule has 29 heavy (non-hydrogen) atoms. The number of urea groups is 1. The van der Waals surface area contributed by atoms with Crippen molar-refractivity contribution in [3.05, 3.63) is 59.9 Å². The van der Waals surface area contributed by atoms with Crippen molar-refractivity contribution in [2.75, 3.05) is 37.7 Å². The van der Waals surface area contributed by atoms with Crippen molar-refractivity contribution < 1.29 is 13.9 Å². The zero-order valence-corrected chi connectivity index (χ0v) is 16.6. The first-order valence-corrected chi connectivity index (χ1v) is 10.5. The Morgan fingerprint density at radius 2 is 2.00 bits per heavy atom. The number of ether oxygens (including phenoxy) is 1. The lowest BCUT2D eigenvalue weighted by molar-refractivity contribution is 0.101. The minimum absolute atomic E-state index is 0.150. The van der Waals surface area contributed by atoms with Crippen molar-refractivity contribution in [3.8, 4) is 5.75 Å². The molecule has 4 rings (SSSR count). The van der Waals surface area contributed by atoms with Gasteiger partial charge in [-0.3, -0.25) is 9.80 Å². The van der Waals surface area contributed by atoms with Crippen LogP contribution in [0.1, 0.15) is 24.8 Å². The molecule has 1 saturated heterocycles. The van der Waals surface area contributed by atoms with Crippen molar-refractivity contribution >= 4 is 11.7 Å². The standard InChI is InChI=1S/C23H28FN3O2/c24-19-10-9-18-11-14-27(22(18)16-19)23(28)25-12-15-26-13-5-4-6-20(26)17-29-21-7-2-1-3-8-21/h1-3,7-10,16,20H,4-6,11-15,17H2,(H,25,28). The van der Waals surface area contributed by atoms with Crippen LogP contribution in [0.5, 0.6) is 5.75 Å². The molecule has 2 aliphatic heterocycles. The van der Waals surface area contributed by atoms with Crippen molar-refractivity contribution in [3.63, 3.8) is 0 Å². The lowest BCUT2D eigenvalue weighted by atomic mass is 10.0. The SMILES string of the molecule is O=C(NCCN1CCCCC1COc1ccccc1)N1CCc2ccc(F)cc21. The highest BCUT2D eigenvalue weighted by Crippen LogP contribution is 2.28. The predicted octanol–water partition coefficient (Wildman–Crippen LogP) is 3.83. The first-order chi connectivity index (χ1) is 14.2. The van der Waals surface area contributed by atoms with E-state index in [9.17, 15) is 9.18 Å². The minimum atomic E-state index is -0.307. The first-order valence-electron chi connectivity index (χ1n) is 10.5. The molecule has 1 atom stereocenters. The van der Waals surface area contributed by atoms with Crippen LogP contribution in [0.15, 0.2) is 48.5 Å². The summed E-state index contributed by atoms with van der Waals surface area (Å²) >= 11 is 0. The van der Waals surface area contributed by atoms with Crippen LogP contribution >= 0.6 is 0 Å². The fraction of sp³-hybridized carbons (Fsp3) is 0.435. The molecule has 2 aliphatic rings. The second-order valence-corrected chi connectivity index (χ2v) is 7.72. The van der Waals surface area contributed by atoms with E-state index in [1.54, 1.807) is 11.0 Å². The molecular weight excluding hydrogens is 369 g/mol. The van der Waals surface area contributed by atoms with Gasteiger partial charge >= 0.3 is 6.03 Å². The molecule has 5 nitrogen and oxygen atoms in total. The molecule has 0 saturated carbocycles. The fourth-order valence-electron chi connectivity index (χ4n) is 4.22. The highest BCUT2D eigenvalue weighted by molar-refractivity contribution is 5.94. The van der Waals surface area contributed by atoms with Crippen molar-refractivity contribution in [1.29, 1.82) is 0 Å². The molecule has 154 valence electrons. The van der Waals surface area contributed by atoms with Crippen LogP contribution in [-0.4, -0.2) is 49.8 Å². The van der Waals surface area contributed by atoms with Crippen LogP contribution in [0.2, 0.25) is 0 Å². The molecular formula is C23H28FN3O2. The van der Waals surface area contributed by atoms with Gasteiger partial charge in [-0.05, 0) is 55.6 Å². The van der Waals surface area contributed by atoms with Crippen LogP contribution < -0.4 is 15.0 Å². The van der Waals surface area contributed by atoms with Gasteiger partial charge < -0.3 is 10.1 Å². The third-order valence-electron chi connectivity index (χ3n) is 5.80. The summed E-state index contributed by atoms with van der Waals surface area (Å²) in [5.74, 6) is 0.587. The second-order valence-electron chi connectivity index (χ2n) is 7.72. The molecule has 0 spiro atoms. The van der Waals surface area contributed by atoms with Gasteiger partial charge in [0.25, 0.3) is 0 Å². The third kappa shape index (κ3) is 4.88. The molecule has 0 aliphatic carbocycles. The van der Waals surface area contributed by atoms with Crippen molar-refractivity contribution in [1.82, 2.24) is 10.2 Å². The molecule has 2 aromatic rings. The number of likely N-dealkylation sites (tertiary alicyclic amines) is 1. The minimum Gasteiger partial charge on any atom is -0.492 e. The van der Waals surface area contributed by atoms with Crippen molar-refractivity contribution in [2.45, 2.75) is 31.7 Å². The van der Waals surface area contributed by atoms with E-state index in [4.69, 9.17) is 4.74 Å². The predicted molar refractivity (Wildman–Crippen MR) is 112 cm³/mol. The van der Waals surface area contributed by atoms with E-state index in [2.05, 4.69) is 10.2 Å². The van der Waals surface area contributed by atoms with Gasteiger partial charge in [-0.25, -0.2) is 9.18 Å². The number of fused-ring (bicyclic) bond motifs is 1. The largest absolute Gasteiger partial charge is 0.492 e. The molecule has 6 heteroatoms. The van der Waals surface area contributed by atoms with E-state index in [1.807, 2.05) is 30.3 Å². The molecule has 1 unspecified atom stereocenters. The summed E-state index contributed by atoms with van der Waals surface area (Å²) in [4.78, 5) is 16.7. The Hall–Kier alpha value is -2.60. The van der Waals surface area contributed by atoms with Gasteiger partial charge in [0.1, 0.15) is 18.2 Å². The number of hydrogen-bond acceptors (Lipinski definition) is 3. The van der Waals surface area contributed by atoms with E-state index in [-0.39, 0.29) is 11.8 Å². The Kier molecular flexibility index (Phi) is 6.30. The Labute approximate surface area is 171 Å². The number of nitrogens with zero attached hydrogens (tertiary/aromatic N) is 2. The van der Waals surface area contributed by atoms with Crippen molar-refractivity contribution in [2.24, 2.45) is 0 Å². The lowest BCUT2D eigenvalue weighted by Gasteiger charge is -2.35. The van der Waals surface area contributed by atoms with Gasteiger partial charge in [0, 0.05) is 25.7 Å². The van der Waals surface area contributed by atoms with E-state index >= 15 is 0 Å². The van der Waals surface area contributed by atoms with E-state index in [1.165, 1.54) is 25.0 Å². The molecule has 2 aromatic carbocycles. The Balaban J connectivity index is 1.27. The topological polar surface area (TPSA) is 44.8 Å². The third-order valence-corrected chi connectivity index (χ3v) is 5.80. The number of rotatable bonds is 6. The summed E-state index contributed by atoms with van der Waals surface area (Å²) in [5, 5.41) is 3.01. The number of amides is 2. The van der Waals surface area contributed by atoms with Crippen LogP contribution in [0.3, 0.4) is 0 Å². The maximum atomic E-state index is 13.6. The number of benzene rings is 2. The van der Waals surface area contributed by atoms with Gasteiger partial charge in [0.15, 0.2) is 0 Å². The zero-order chi connectivity index (χ0) is 20.1. The van der Waals surface area contributed by atoms with Gasteiger partial charge in [-0.1, -0.05) is 30.7 Å². The molecule has 0 radical (unpaired) electrons. The maximum absolute atomic E-state index is 13.6. The van der Waals surface area contributed by atoms with Crippen LogP contribution in [-0.2, 0) is 6.42 Å². The molecule has 2 heterocycles. The Bertz CT molecular complexity index is 830. The summed E-state index contributed by atoms with van der Waals surface area (Å²) in [7, 11) is 0. The van der Waals surface area contributed by atoms with Crippen LogP contribution in [0, 0.1) is 5.82 Å². The zero-order valence-electron chi connectivity index (χ0n) is 16.6. The molecule has 1 N–H and O–H groups in total. The van der Waals surface area contributed by atoms with Gasteiger partial charge in [-0.2, -0.15) is 0 Å². The summed E-state index contributed by atoms with van der Waals surface area (Å²) in [6.45, 7) is 3.65. The number of carbonyl (C=O) groups is 1. The number of nitrogens with one attached hydrogen (secondary N) is 1. The fourth-order valence-corrected chi connectivity index (χ4v) is 4.22. The first kappa shape index (κ1) is 19.7. The quantitative estimate of drug-likeness (QED) is 0.806. The monoisotopic (exact) mass is 397 g/mol. The summed E-state index contributed by atoms with van der Waals surface area (Å²) in [5.41, 5.74) is 1.71. The van der Waals surface area contributed by atoms with Gasteiger partial charge in [0.2, 0.25) is 0 Å². The molecule has 1 fully saturated rings.